The largest absolute Gasteiger partial charge is 0.465 e. The van der Waals surface area contributed by atoms with Crippen LogP contribution in [0.4, 0.5) is 11.4 Å². The van der Waals surface area contributed by atoms with Gasteiger partial charge in [-0.3, -0.25) is 4.79 Å². The molecule has 0 aromatic heterocycles. The van der Waals surface area contributed by atoms with Gasteiger partial charge in [0.15, 0.2) is 5.11 Å². The van der Waals surface area contributed by atoms with Crippen molar-refractivity contribution in [3.63, 3.8) is 0 Å². The molecule has 2 aromatic rings. The highest BCUT2D eigenvalue weighted by atomic mass is 32.1. The second kappa shape index (κ2) is 9.71. The fraction of sp³-hybridized carbons (Fsp3) is 0.348. The van der Waals surface area contributed by atoms with Crippen molar-refractivity contribution >= 4 is 40.6 Å². The number of hydrazine groups is 1. The summed E-state index contributed by atoms with van der Waals surface area (Å²) in [6, 6.07) is 14.4. The first-order chi connectivity index (χ1) is 14.4. The Balaban J connectivity index is 2.03. The molecule has 1 aliphatic rings. The molecule has 0 saturated heterocycles. The molecule has 2 N–H and O–H groups in total. The third-order valence-electron chi connectivity index (χ3n) is 5.38. The van der Waals surface area contributed by atoms with Crippen LogP contribution in [0, 0.1) is 12.8 Å². The lowest BCUT2D eigenvalue weighted by Gasteiger charge is -2.38. The highest BCUT2D eigenvalue weighted by Gasteiger charge is 2.32. The van der Waals surface area contributed by atoms with Gasteiger partial charge in [0.1, 0.15) is 0 Å². The molecule has 0 heterocycles. The van der Waals surface area contributed by atoms with Crippen LogP contribution < -0.4 is 15.8 Å². The Hall–Kier alpha value is -2.93. The number of thiocarbonyl (C=S) groups is 1. The molecule has 1 amide bonds. The van der Waals surface area contributed by atoms with Crippen molar-refractivity contribution in [2.75, 3.05) is 17.1 Å². The summed E-state index contributed by atoms with van der Waals surface area (Å²) in [5.74, 6) is -0.535. The predicted octanol–water partition coefficient (Wildman–Crippen LogP) is 4.36. The van der Waals surface area contributed by atoms with E-state index in [0.717, 1.165) is 37.7 Å². The van der Waals surface area contributed by atoms with Crippen LogP contribution in [0.2, 0.25) is 0 Å². The van der Waals surface area contributed by atoms with Crippen molar-refractivity contribution in [2.45, 2.75) is 39.0 Å². The third kappa shape index (κ3) is 4.79. The van der Waals surface area contributed by atoms with Crippen molar-refractivity contribution < 1.29 is 14.3 Å². The summed E-state index contributed by atoms with van der Waals surface area (Å²) >= 11 is 5.35. The molecular formula is C23H27N3O3S. The monoisotopic (exact) mass is 425 g/mol. The second-order valence-electron chi connectivity index (χ2n) is 7.51. The van der Waals surface area contributed by atoms with E-state index >= 15 is 0 Å². The number of hydrogen-bond acceptors (Lipinski definition) is 4. The van der Waals surface area contributed by atoms with Gasteiger partial charge in [-0.15, -0.1) is 0 Å². The quantitative estimate of drug-likeness (QED) is 0.446. The second-order valence-corrected chi connectivity index (χ2v) is 7.93. The maximum atomic E-state index is 13.6. The maximum Gasteiger partial charge on any atom is 0.337 e. The Morgan fingerprint density at radius 2 is 1.47 bits per heavy atom. The highest BCUT2D eigenvalue weighted by molar-refractivity contribution is 7.80. The van der Waals surface area contributed by atoms with Gasteiger partial charge < -0.3 is 10.5 Å². The molecular weight excluding hydrogens is 398 g/mol. The third-order valence-corrected chi connectivity index (χ3v) is 5.56. The van der Waals surface area contributed by atoms with E-state index in [2.05, 4.69) is 0 Å². The zero-order chi connectivity index (χ0) is 21.7. The van der Waals surface area contributed by atoms with Crippen LogP contribution in [0.5, 0.6) is 0 Å². The minimum atomic E-state index is -0.433. The van der Waals surface area contributed by atoms with Gasteiger partial charge in [0, 0.05) is 5.92 Å². The molecule has 158 valence electrons. The molecule has 30 heavy (non-hydrogen) atoms. The Bertz CT molecular complexity index is 906. The number of benzene rings is 2. The Morgan fingerprint density at radius 1 is 0.933 bits per heavy atom. The fourth-order valence-corrected chi connectivity index (χ4v) is 3.93. The first-order valence-corrected chi connectivity index (χ1v) is 10.5. The average molecular weight is 426 g/mol. The number of esters is 1. The van der Waals surface area contributed by atoms with E-state index < -0.39 is 5.97 Å². The summed E-state index contributed by atoms with van der Waals surface area (Å²) in [7, 11) is 1.33. The van der Waals surface area contributed by atoms with Crippen LogP contribution in [0.3, 0.4) is 0 Å². The maximum absolute atomic E-state index is 13.6. The van der Waals surface area contributed by atoms with Crippen LogP contribution in [0.1, 0.15) is 48.0 Å². The van der Waals surface area contributed by atoms with Crippen molar-refractivity contribution in [1.29, 1.82) is 0 Å². The van der Waals surface area contributed by atoms with Crippen LogP contribution in [-0.4, -0.2) is 24.1 Å². The minimum Gasteiger partial charge on any atom is -0.465 e. The summed E-state index contributed by atoms with van der Waals surface area (Å²) in [6.07, 6.45) is 4.95. The Labute approximate surface area is 182 Å². The number of anilines is 2. The minimum absolute atomic E-state index is 0.0246. The molecule has 2 aromatic carbocycles. The lowest BCUT2D eigenvalue weighted by Crippen LogP contribution is -2.54. The zero-order valence-electron chi connectivity index (χ0n) is 17.3. The molecule has 0 aliphatic heterocycles. The summed E-state index contributed by atoms with van der Waals surface area (Å²) < 4.78 is 4.76. The first-order valence-electron chi connectivity index (χ1n) is 10.1. The van der Waals surface area contributed by atoms with Crippen molar-refractivity contribution in [2.24, 2.45) is 11.7 Å². The molecule has 0 atom stereocenters. The number of methoxy groups -OCH3 is 1. The summed E-state index contributed by atoms with van der Waals surface area (Å²) in [5, 5.41) is 3.16. The standard InChI is InChI=1S/C23H27N3O3S/c1-16-8-12-19(13-9-16)25(21(27)17-6-4-3-5-7-17)26(23(24)30)20-14-10-18(11-15-20)22(28)29-2/h8-15,17H,3-7H2,1-2H3,(H2,24,30). The number of amides is 1. The fourth-order valence-electron chi connectivity index (χ4n) is 3.75. The van der Waals surface area contributed by atoms with Gasteiger partial charge >= 0.3 is 5.97 Å². The number of carbonyl (C=O) groups excluding carboxylic acids is 2. The van der Waals surface area contributed by atoms with Crippen LogP contribution in [0.15, 0.2) is 48.5 Å². The molecule has 1 fully saturated rings. The van der Waals surface area contributed by atoms with E-state index in [1.807, 2.05) is 31.2 Å². The molecule has 7 heteroatoms. The SMILES string of the molecule is COC(=O)c1ccc(N(C(N)=S)N(C(=O)C2CCCCC2)c2ccc(C)cc2)cc1. The molecule has 0 spiro atoms. The molecule has 0 radical (unpaired) electrons. The zero-order valence-corrected chi connectivity index (χ0v) is 18.2. The number of aryl methyl sites for hydroxylation is 1. The van der Waals surface area contributed by atoms with Crippen molar-refractivity contribution in [3.8, 4) is 0 Å². The number of nitrogens with zero attached hydrogens (tertiary/aromatic N) is 2. The molecule has 1 saturated carbocycles. The van der Waals surface area contributed by atoms with E-state index in [9.17, 15) is 9.59 Å². The summed E-state index contributed by atoms with van der Waals surface area (Å²) in [4.78, 5) is 25.4. The van der Waals surface area contributed by atoms with Gasteiger partial charge in [0.05, 0.1) is 24.0 Å². The van der Waals surface area contributed by atoms with Gasteiger partial charge in [-0.2, -0.15) is 0 Å². The van der Waals surface area contributed by atoms with Gasteiger partial charge in [-0.05, 0) is 68.4 Å². The molecule has 3 rings (SSSR count). The number of carbonyl (C=O) groups is 2. The van der Waals surface area contributed by atoms with Gasteiger partial charge in [-0.25, -0.2) is 14.8 Å². The van der Waals surface area contributed by atoms with E-state index in [1.54, 1.807) is 29.3 Å². The van der Waals surface area contributed by atoms with Crippen LogP contribution in [-0.2, 0) is 9.53 Å². The molecule has 0 unspecified atom stereocenters. The van der Waals surface area contributed by atoms with E-state index in [-0.39, 0.29) is 16.9 Å². The van der Waals surface area contributed by atoms with Gasteiger partial charge in [0.2, 0.25) is 5.91 Å². The molecule has 6 nitrogen and oxygen atoms in total. The summed E-state index contributed by atoms with van der Waals surface area (Å²) in [5.41, 5.74) is 8.89. The lowest BCUT2D eigenvalue weighted by atomic mass is 9.88. The Kier molecular flexibility index (Phi) is 7.05. The van der Waals surface area contributed by atoms with E-state index in [1.165, 1.54) is 12.1 Å². The topological polar surface area (TPSA) is 75.9 Å². The number of rotatable bonds is 4. The van der Waals surface area contributed by atoms with Crippen molar-refractivity contribution in [3.05, 3.63) is 59.7 Å². The molecule has 1 aliphatic carbocycles. The predicted molar refractivity (Wildman–Crippen MR) is 122 cm³/mol. The summed E-state index contributed by atoms with van der Waals surface area (Å²) in [6.45, 7) is 1.99. The van der Waals surface area contributed by atoms with Gasteiger partial charge in [0.25, 0.3) is 0 Å². The normalized spacial score (nSPS) is 14.1. The van der Waals surface area contributed by atoms with Crippen LogP contribution in [0.25, 0.3) is 0 Å². The first kappa shape index (κ1) is 21.8. The smallest absolute Gasteiger partial charge is 0.337 e. The van der Waals surface area contributed by atoms with Crippen LogP contribution >= 0.6 is 12.2 Å². The van der Waals surface area contributed by atoms with E-state index in [4.69, 9.17) is 22.7 Å². The van der Waals surface area contributed by atoms with E-state index in [0.29, 0.717) is 16.9 Å². The van der Waals surface area contributed by atoms with Crippen molar-refractivity contribution in [1.82, 2.24) is 0 Å². The van der Waals surface area contributed by atoms with Gasteiger partial charge in [-0.1, -0.05) is 37.0 Å². The molecule has 0 bridgehead atoms. The number of hydrogen-bond donors (Lipinski definition) is 1. The Morgan fingerprint density at radius 3 is 2.00 bits per heavy atom. The highest BCUT2D eigenvalue weighted by Crippen LogP contribution is 2.31. The lowest BCUT2D eigenvalue weighted by molar-refractivity contribution is -0.123. The number of ether oxygens (including phenoxy) is 1. The number of nitrogens with two attached hydrogens (primary N) is 1. The average Bonchev–Trinajstić information content (AvgIpc) is 2.77.